The Morgan fingerprint density at radius 1 is 0.276 bits per heavy atom. The van der Waals surface area contributed by atoms with Gasteiger partial charge in [-0.3, -0.25) is 0 Å². The monoisotopic (exact) mass is 1240 g/mol. The summed E-state index contributed by atoms with van der Waals surface area (Å²) in [6, 6.07) is 18.1. The summed E-state index contributed by atoms with van der Waals surface area (Å²) in [6.45, 7) is 13.8. The second-order valence-electron chi connectivity index (χ2n) is 26.7. The summed E-state index contributed by atoms with van der Waals surface area (Å²) in [5.41, 5.74) is 22.8. The van der Waals surface area contributed by atoms with Gasteiger partial charge >= 0.3 is 103 Å². The maximum atomic E-state index is 12.7. The molecule has 1 aliphatic heterocycles. The molecule has 3 heteroatoms. The number of benzene rings is 2. The average molecular weight is 1240 g/mol. The fourth-order valence-electron chi connectivity index (χ4n) is 12.9. The zero-order valence-corrected chi connectivity index (χ0v) is 60.1. The molecule has 502 valence electrons. The van der Waals surface area contributed by atoms with E-state index in [1.54, 1.807) is 4.70 Å². The molecule has 0 N–H and O–H groups in total. The molecule has 2 aromatic carbocycles. The first kappa shape index (κ1) is 80.6. The van der Waals surface area contributed by atoms with E-state index in [0.29, 0.717) is 0 Å². The van der Waals surface area contributed by atoms with Gasteiger partial charge in [-0.1, -0.05) is 294 Å². The third-order valence-corrected chi connectivity index (χ3v) is 19.9. The fourth-order valence-corrected chi connectivity index (χ4v) is 14.2. The van der Waals surface area contributed by atoms with Crippen molar-refractivity contribution in [3.63, 3.8) is 0 Å². The Bertz CT molecular complexity index is 1950. The summed E-state index contributed by atoms with van der Waals surface area (Å²) >= 11 is 2.00. The van der Waals surface area contributed by atoms with E-state index in [0.717, 1.165) is 75.6 Å². The van der Waals surface area contributed by atoms with E-state index in [1.807, 2.05) is 14.4 Å². The molecule has 2 nitrogen and oxygen atoms in total. The molecule has 0 unspecified atom stereocenters. The summed E-state index contributed by atoms with van der Waals surface area (Å²) < 4.78 is 1.67. The van der Waals surface area contributed by atoms with Crippen LogP contribution in [0.5, 0.6) is 0 Å². The van der Waals surface area contributed by atoms with Crippen molar-refractivity contribution < 1.29 is 19.1 Å². The van der Waals surface area contributed by atoms with Gasteiger partial charge in [0.2, 0.25) is 11.4 Å². The summed E-state index contributed by atoms with van der Waals surface area (Å²) in [5, 5.41) is 2.84. The van der Waals surface area contributed by atoms with E-state index in [1.165, 1.54) is 340 Å². The molecule has 0 spiro atoms. The van der Waals surface area contributed by atoms with Crippen LogP contribution >= 0.6 is 0 Å². The standard InChI is InChI=1S/C70H116N2.2C7H15.Ni/c1-5-9-13-16-19-21-23-25-27-29-31-33-35-37-39-41-43-45-48-55-63-57-51-53-60-65(63)69-67(59-12-8-4)68(62-50-47-18-15-11-7-3)70(72(69)71)66-61-54-52-58-64(66)56-49-46-44-42-40-38-36-34-32-30-28-26-24-22-20-17-14-10-6-2;2*1-3-5-7-6-4-2;/h41-44,51-54,57-58,60-61H,5-40,45-50,55-56,59,62H2,1-4H3;2*1,3-7H2,2H3;. The molecule has 3 rings (SSSR count). The topological polar surface area (TPSA) is 25.3 Å². The van der Waals surface area contributed by atoms with Crippen molar-refractivity contribution in [3.8, 4) is 0 Å². The number of hydrogen-bond donors (Lipinski definition) is 0. The van der Waals surface area contributed by atoms with Gasteiger partial charge in [-0.2, -0.15) is 0 Å². The van der Waals surface area contributed by atoms with Crippen molar-refractivity contribution >= 4 is 11.4 Å². The second-order valence-corrected chi connectivity index (χ2v) is 28.2. The van der Waals surface area contributed by atoms with Gasteiger partial charge in [-0.05, 0) is 113 Å². The van der Waals surface area contributed by atoms with Crippen LogP contribution in [0.2, 0.25) is 10.8 Å². The van der Waals surface area contributed by atoms with Crippen LogP contribution in [0.15, 0.2) is 84.0 Å². The van der Waals surface area contributed by atoms with E-state index in [2.05, 4.69) is 114 Å². The van der Waals surface area contributed by atoms with Crippen molar-refractivity contribution in [1.29, 1.82) is 0 Å². The van der Waals surface area contributed by atoms with Gasteiger partial charge in [-0.25, -0.2) is 4.70 Å². The molecule has 0 amide bonds. The predicted octanol–water partition coefficient (Wildman–Crippen LogP) is 30.1. The molecule has 0 saturated carbocycles. The van der Waals surface area contributed by atoms with Crippen LogP contribution in [0.25, 0.3) is 16.9 Å². The van der Waals surface area contributed by atoms with Crippen molar-refractivity contribution in [3.05, 3.63) is 112 Å². The van der Waals surface area contributed by atoms with Crippen LogP contribution in [-0.2, 0) is 27.3 Å². The number of unbranched alkanes of at least 4 members (excludes halogenated alkanes) is 44. The molecular weight excluding hydrogens is 1100 g/mol. The number of nitrogens with zero attached hydrogens (tertiary/aromatic N) is 2. The van der Waals surface area contributed by atoms with Gasteiger partial charge in [-0.15, -0.1) is 0 Å². The van der Waals surface area contributed by atoms with Crippen LogP contribution in [0.3, 0.4) is 0 Å². The predicted molar refractivity (Wildman–Crippen MR) is 389 cm³/mol. The van der Waals surface area contributed by atoms with Crippen molar-refractivity contribution in [1.82, 2.24) is 0 Å². The molecule has 2 aromatic rings. The van der Waals surface area contributed by atoms with Crippen LogP contribution in [-0.4, -0.2) is 4.70 Å². The zero-order chi connectivity index (χ0) is 62.4. The van der Waals surface area contributed by atoms with Crippen molar-refractivity contribution in [2.45, 2.75) is 412 Å². The van der Waals surface area contributed by atoms with Crippen LogP contribution < -0.4 is 0 Å². The van der Waals surface area contributed by atoms with Gasteiger partial charge < -0.3 is 5.53 Å². The van der Waals surface area contributed by atoms with E-state index in [9.17, 15) is 5.53 Å². The van der Waals surface area contributed by atoms with E-state index in [4.69, 9.17) is 0 Å². The Hall–Kier alpha value is -2.51. The fraction of sp³-hybridized carbons (Fsp3) is 0.762. The Kier molecular flexibility index (Phi) is 57.7. The zero-order valence-electron chi connectivity index (χ0n) is 59.2. The first-order valence-corrected chi connectivity index (χ1v) is 40.4. The number of allylic oxidation sites excluding steroid dienone is 6. The number of rotatable bonds is 62. The Balaban J connectivity index is 0.00000150. The molecule has 0 fully saturated rings. The van der Waals surface area contributed by atoms with Crippen LogP contribution in [0.4, 0.5) is 0 Å². The van der Waals surface area contributed by atoms with Gasteiger partial charge in [0.1, 0.15) is 0 Å². The molecule has 0 aromatic heterocycles. The molecule has 1 heterocycles. The minimum atomic E-state index is 1.01. The van der Waals surface area contributed by atoms with Gasteiger partial charge in [0.25, 0.3) is 0 Å². The second kappa shape index (κ2) is 62.3. The Morgan fingerprint density at radius 2 is 0.529 bits per heavy atom. The SMILES string of the molecule is CCCCCCCCCCCCCCCCC=CCCCc1ccccc1C1=C(CCCC)C(CCCCCCCC)=C(c2ccccc2CCCC=CCCCCCCCCCCCCCCCC)[N+]1=[N-].CCCCCC[CH2][Ni][CH2]CCCCCC. The molecule has 0 atom stereocenters. The van der Waals surface area contributed by atoms with Crippen molar-refractivity contribution in [2.75, 3.05) is 0 Å². The molecular formula is C84H146N2Ni. The summed E-state index contributed by atoms with van der Waals surface area (Å²) in [4.78, 5) is 0. The maximum absolute atomic E-state index is 12.7. The van der Waals surface area contributed by atoms with Gasteiger partial charge in [0, 0.05) is 22.3 Å². The quantitative estimate of drug-likeness (QED) is 0.0273. The number of hydrogen-bond acceptors (Lipinski definition) is 0. The molecule has 1 aliphatic rings. The third-order valence-electron chi connectivity index (χ3n) is 18.5. The summed E-state index contributed by atoms with van der Waals surface area (Å²) in [7, 11) is 0. The van der Waals surface area contributed by atoms with E-state index in [-0.39, 0.29) is 0 Å². The molecule has 0 aliphatic carbocycles. The molecule has 0 saturated heterocycles. The van der Waals surface area contributed by atoms with Gasteiger partial charge in [0.05, 0.1) is 0 Å². The first-order chi connectivity index (χ1) is 43.1. The third kappa shape index (κ3) is 43.0. The molecule has 87 heavy (non-hydrogen) atoms. The Labute approximate surface area is 550 Å². The van der Waals surface area contributed by atoms with Crippen molar-refractivity contribution in [2.24, 2.45) is 0 Å². The van der Waals surface area contributed by atoms with Crippen LogP contribution in [0.1, 0.15) is 411 Å². The van der Waals surface area contributed by atoms with E-state index >= 15 is 0 Å². The van der Waals surface area contributed by atoms with E-state index < -0.39 is 0 Å². The molecule has 0 bridgehead atoms. The summed E-state index contributed by atoms with van der Waals surface area (Å²) in [5.74, 6) is 0. The minimum absolute atomic E-state index is 1.01. The molecule has 0 radical (unpaired) electrons. The average Bonchev–Trinajstić information content (AvgIpc) is 1.75. The summed E-state index contributed by atoms with van der Waals surface area (Å²) in [6.07, 6.45) is 84.9. The Morgan fingerprint density at radius 3 is 0.851 bits per heavy atom. The first-order valence-electron chi connectivity index (χ1n) is 39.0. The normalized spacial score (nSPS) is 12.8. The van der Waals surface area contributed by atoms with Crippen LogP contribution in [0, 0.1) is 0 Å². The van der Waals surface area contributed by atoms with Gasteiger partial charge in [0.15, 0.2) is 0 Å². The number of aryl methyl sites for hydroxylation is 2.